The summed E-state index contributed by atoms with van der Waals surface area (Å²) in [5.74, 6) is -0.568. The van der Waals surface area contributed by atoms with Crippen molar-refractivity contribution in [3.8, 4) is 6.07 Å². The Morgan fingerprint density at radius 1 is 1.23 bits per heavy atom. The molecule has 158 valence electrons. The maximum absolute atomic E-state index is 13.7. The Hall–Kier alpha value is -1.95. The summed E-state index contributed by atoms with van der Waals surface area (Å²) in [6.45, 7) is 0.187. The molecule has 4 nitrogen and oxygen atoms in total. The number of nitrogens with zero attached hydrogens (tertiary/aromatic N) is 2. The smallest absolute Gasteiger partial charge is 0.351 e. The van der Waals surface area contributed by atoms with Gasteiger partial charge in [0, 0.05) is 12.2 Å². The molecule has 0 aliphatic heterocycles. The van der Waals surface area contributed by atoms with Crippen molar-refractivity contribution in [2.75, 3.05) is 5.75 Å². The van der Waals surface area contributed by atoms with Gasteiger partial charge in [-0.05, 0) is 48.9 Å². The molecule has 1 aromatic heterocycles. The van der Waals surface area contributed by atoms with Crippen LogP contribution in [-0.4, -0.2) is 16.6 Å². The lowest BCUT2D eigenvalue weighted by atomic mass is 9.90. The number of halogens is 5. The van der Waals surface area contributed by atoms with E-state index in [4.69, 9.17) is 23.2 Å². The molecule has 0 spiro atoms. The Balaban J connectivity index is 1.75. The predicted molar refractivity (Wildman–Crippen MR) is 110 cm³/mol. The van der Waals surface area contributed by atoms with Gasteiger partial charge in [-0.25, -0.2) is 4.98 Å². The van der Waals surface area contributed by atoms with Crippen molar-refractivity contribution in [1.82, 2.24) is 10.3 Å². The van der Waals surface area contributed by atoms with Crippen LogP contribution in [0.5, 0.6) is 0 Å². The van der Waals surface area contributed by atoms with Gasteiger partial charge < -0.3 is 5.32 Å². The van der Waals surface area contributed by atoms with Crippen molar-refractivity contribution in [2.45, 2.75) is 43.4 Å². The highest BCUT2D eigenvalue weighted by Crippen LogP contribution is 2.41. The molecule has 1 aliphatic rings. The molecule has 2 aromatic rings. The molecule has 1 aromatic carbocycles. The Kier molecular flexibility index (Phi) is 7.17. The van der Waals surface area contributed by atoms with E-state index in [1.807, 2.05) is 0 Å². The van der Waals surface area contributed by atoms with E-state index in [0.29, 0.717) is 28.6 Å². The van der Waals surface area contributed by atoms with E-state index in [2.05, 4.69) is 10.3 Å². The maximum atomic E-state index is 13.7. The van der Waals surface area contributed by atoms with Crippen LogP contribution in [0.15, 0.2) is 23.2 Å². The number of thioether (sulfide) groups is 1. The first-order chi connectivity index (χ1) is 14.2. The molecule has 0 radical (unpaired) electrons. The molecule has 1 aliphatic carbocycles. The van der Waals surface area contributed by atoms with Crippen LogP contribution < -0.4 is 5.32 Å². The third kappa shape index (κ3) is 5.20. The van der Waals surface area contributed by atoms with Crippen LogP contribution in [0.3, 0.4) is 0 Å². The largest absolute Gasteiger partial charge is 0.418 e. The van der Waals surface area contributed by atoms with Gasteiger partial charge in [0.25, 0.3) is 0 Å². The molecule has 0 unspecified atom stereocenters. The predicted octanol–water partition coefficient (Wildman–Crippen LogP) is 5.57. The fourth-order valence-electron chi connectivity index (χ4n) is 3.27. The summed E-state index contributed by atoms with van der Waals surface area (Å²) in [7, 11) is 0. The Morgan fingerprint density at radius 2 is 1.97 bits per heavy atom. The number of nitrogens with one attached hydrogen (secondary N) is 1. The van der Waals surface area contributed by atoms with Crippen LogP contribution in [0, 0.1) is 11.3 Å². The highest BCUT2D eigenvalue weighted by atomic mass is 35.5. The third-order valence-corrected chi connectivity index (χ3v) is 6.36. The van der Waals surface area contributed by atoms with E-state index in [9.17, 15) is 23.2 Å². The zero-order valence-corrected chi connectivity index (χ0v) is 17.9. The number of aryl methyl sites for hydroxylation is 1. The first-order valence-corrected chi connectivity index (χ1v) is 10.8. The van der Waals surface area contributed by atoms with E-state index in [1.165, 1.54) is 0 Å². The molecule has 0 atom stereocenters. The zero-order valence-electron chi connectivity index (χ0n) is 15.6. The number of carbonyl (C=O) groups excluding carboxylic acids is 1. The van der Waals surface area contributed by atoms with Gasteiger partial charge in [0.15, 0.2) is 0 Å². The van der Waals surface area contributed by atoms with Crippen molar-refractivity contribution in [3.63, 3.8) is 0 Å². The summed E-state index contributed by atoms with van der Waals surface area (Å²) in [5.41, 5.74) is -0.212. The molecule has 0 saturated carbocycles. The summed E-state index contributed by atoms with van der Waals surface area (Å²) in [6.07, 6.45) is -2.59. The number of fused-ring (bicyclic) bond motifs is 1. The van der Waals surface area contributed by atoms with Crippen molar-refractivity contribution >= 4 is 40.9 Å². The van der Waals surface area contributed by atoms with Gasteiger partial charge in [0.2, 0.25) is 5.91 Å². The van der Waals surface area contributed by atoms with Crippen LogP contribution in [0.1, 0.15) is 40.8 Å². The van der Waals surface area contributed by atoms with Gasteiger partial charge in [-0.3, -0.25) is 4.79 Å². The Bertz CT molecular complexity index is 1020. The van der Waals surface area contributed by atoms with Gasteiger partial charge in [-0.1, -0.05) is 41.0 Å². The number of hydrogen-bond donors (Lipinski definition) is 1. The average molecular weight is 474 g/mol. The standard InChI is InChI=1S/C20H16Cl2F3N3OS/c21-14-6-5-11(7-15(14)22)9-27-17(29)10-30-19-13(8-26)18(20(23,24)25)12-3-1-2-4-16(12)28-19/h5-7H,1-4,9-10H2,(H,27,29). The third-order valence-electron chi connectivity index (χ3n) is 4.65. The summed E-state index contributed by atoms with van der Waals surface area (Å²) >= 11 is 12.6. The van der Waals surface area contributed by atoms with Gasteiger partial charge >= 0.3 is 6.18 Å². The van der Waals surface area contributed by atoms with Crippen molar-refractivity contribution < 1.29 is 18.0 Å². The lowest BCUT2D eigenvalue weighted by Crippen LogP contribution is -2.25. The summed E-state index contributed by atoms with van der Waals surface area (Å²) < 4.78 is 41.1. The first kappa shape index (κ1) is 22.7. The first-order valence-electron chi connectivity index (χ1n) is 9.07. The Morgan fingerprint density at radius 3 is 2.63 bits per heavy atom. The second-order valence-corrected chi connectivity index (χ2v) is 8.50. The topological polar surface area (TPSA) is 65.8 Å². The number of alkyl halides is 3. The second kappa shape index (κ2) is 9.46. The van der Waals surface area contributed by atoms with Crippen LogP contribution in [0.25, 0.3) is 0 Å². The molecule has 0 saturated heterocycles. The van der Waals surface area contributed by atoms with Crippen molar-refractivity contribution in [1.29, 1.82) is 5.26 Å². The normalized spacial score (nSPS) is 13.5. The fourth-order valence-corrected chi connectivity index (χ4v) is 4.43. The molecular weight excluding hydrogens is 458 g/mol. The molecular formula is C20H16Cl2F3N3OS. The molecule has 1 N–H and O–H groups in total. The number of hydrogen-bond acceptors (Lipinski definition) is 4. The lowest BCUT2D eigenvalue weighted by Gasteiger charge is -2.22. The number of amides is 1. The summed E-state index contributed by atoms with van der Waals surface area (Å²) in [6, 6.07) is 6.58. The number of rotatable bonds is 5. The minimum atomic E-state index is -4.65. The minimum absolute atomic E-state index is 0.0600. The van der Waals surface area contributed by atoms with E-state index in [0.717, 1.165) is 23.7 Å². The zero-order chi connectivity index (χ0) is 21.9. The molecule has 1 amide bonds. The van der Waals surface area contributed by atoms with E-state index in [-0.39, 0.29) is 29.3 Å². The Labute approximate surface area is 185 Å². The van der Waals surface area contributed by atoms with Crippen molar-refractivity contribution in [3.05, 3.63) is 56.2 Å². The molecule has 3 rings (SSSR count). The number of aromatic nitrogens is 1. The fraction of sp³-hybridized carbons (Fsp3) is 0.350. The number of pyridine rings is 1. The molecule has 30 heavy (non-hydrogen) atoms. The van der Waals surface area contributed by atoms with Crippen LogP contribution in [0.2, 0.25) is 10.0 Å². The number of benzene rings is 1. The van der Waals surface area contributed by atoms with Crippen molar-refractivity contribution in [2.24, 2.45) is 0 Å². The minimum Gasteiger partial charge on any atom is -0.351 e. The molecule has 10 heteroatoms. The van der Waals surface area contributed by atoms with Crippen LogP contribution >= 0.6 is 35.0 Å². The molecule has 1 heterocycles. The SMILES string of the molecule is N#Cc1c(SCC(=O)NCc2ccc(Cl)c(Cl)c2)nc2c(c1C(F)(F)F)CCCC2. The van der Waals surface area contributed by atoms with Crippen LogP contribution in [0.4, 0.5) is 13.2 Å². The van der Waals surface area contributed by atoms with E-state index >= 15 is 0 Å². The van der Waals surface area contributed by atoms with Gasteiger partial charge in [0.1, 0.15) is 11.1 Å². The van der Waals surface area contributed by atoms with Crippen LogP contribution in [-0.2, 0) is 30.4 Å². The highest BCUT2D eigenvalue weighted by molar-refractivity contribution is 8.00. The van der Waals surface area contributed by atoms with Gasteiger partial charge in [-0.2, -0.15) is 18.4 Å². The van der Waals surface area contributed by atoms with E-state index < -0.39 is 23.2 Å². The van der Waals surface area contributed by atoms with Gasteiger partial charge in [-0.15, -0.1) is 0 Å². The average Bonchev–Trinajstić information content (AvgIpc) is 2.71. The second-order valence-electron chi connectivity index (χ2n) is 6.72. The molecule has 0 bridgehead atoms. The maximum Gasteiger partial charge on any atom is 0.418 e. The monoisotopic (exact) mass is 473 g/mol. The summed E-state index contributed by atoms with van der Waals surface area (Å²) in [4.78, 5) is 16.5. The highest BCUT2D eigenvalue weighted by Gasteiger charge is 2.40. The number of nitriles is 1. The molecule has 0 fully saturated rings. The van der Waals surface area contributed by atoms with Gasteiger partial charge in [0.05, 0.1) is 26.9 Å². The quantitative estimate of drug-likeness (QED) is 0.576. The lowest BCUT2D eigenvalue weighted by molar-refractivity contribution is -0.138. The number of carbonyl (C=O) groups is 1. The summed E-state index contributed by atoms with van der Waals surface area (Å²) in [5, 5.41) is 12.8. The van der Waals surface area contributed by atoms with E-state index in [1.54, 1.807) is 24.3 Å².